The first-order valence-electron chi connectivity index (χ1n) is 4.52. The first-order chi connectivity index (χ1) is 6.74. The Kier molecular flexibility index (Phi) is 5.15. The van der Waals surface area contributed by atoms with Crippen LogP contribution in [0.25, 0.3) is 0 Å². The minimum atomic E-state index is 0.267. The Morgan fingerprint density at radius 3 is 2.79 bits per heavy atom. The summed E-state index contributed by atoms with van der Waals surface area (Å²) in [4.78, 5) is 1.13. The first kappa shape index (κ1) is 11.7. The summed E-state index contributed by atoms with van der Waals surface area (Å²) >= 11 is 7.61. The van der Waals surface area contributed by atoms with Crippen molar-refractivity contribution in [1.29, 1.82) is 0 Å². The smallest absolute Gasteiger partial charge is 0.0646 e. The molecule has 0 amide bonds. The third-order valence-corrected chi connectivity index (χ3v) is 3.20. The van der Waals surface area contributed by atoms with E-state index < -0.39 is 0 Å². The number of thioether (sulfide) groups is 1. The number of aliphatic hydroxyl groups is 1. The predicted molar refractivity (Wildman–Crippen MR) is 62.9 cm³/mol. The van der Waals surface area contributed by atoms with Crippen LogP contribution in [-0.4, -0.2) is 17.5 Å². The zero-order chi connectivity index (χ0) is 10.4. The molecular formula is C10H14ClNOS. The van der Waals surface area contributed by atoms with Crippen molar-refractivity contribution in [2.45, 2.75) is 17.7 Å². The summed E-state index contributed by atoms with van der Waals surface area (Å²) in [7, 11) is 0. The van der Waals surface area contributed by atoms with E-state index in [1.165, 1.54) is 0 Å². The van der Waals surface area contributed by atoms with Crippen molar-refractivity contribution in [3.63, 3.8) is 0 Å². The van der Waals surface area contributed by atoms with Gasteiger partial charge in [0.05, 0.1) is 10.7 Å². The minimum Gasteiger partial charge on any atom is -0.398 e. The number of rotatable bonds is 5. The highest BCUT2D eigenvalue weighted by molar-refractivity contribution is 7.99. The van der Waals surface area contributed by atoms with Gasteiger partial charge >= 0.3 is 0 Å². The molecule has 1 aromatic rings. The van der Waals surface area contributed by atoms with Crippen LogP contribution in [0.1, 0.15) is 12.8 Å². The molecular weight excluding hydrogens is 218 g/mol. The van der Waals surface area contributed by atoms with Gasteiger partial charge < -0.3 is 10.8 Å². The number of benzene rings is 1. The van der Waals surface area contributed by atoms with E-state index in [-0.39, 0.29) is 6.61 Å². The van der Waals surface area contributed by atoms with Crippen molar-refractivity contribution in [2.24, 2.45) is 0 Å². The van der Waals surface area contributed by atoms with E-state index in [1.54, 1.807) is 11.8 Å². The van der Waals surface area contributed by atoms with Gasteiger partial charge in [0.15, 0.2) is 0 Å². The van der Waals surface area contributed by atoms with E-state index in [0.717, 1.165) is 23.5 Å². The largest absolute Gasteiger partial charge is 0.398 e. The van der Waals surface area contributed by atoms with E-state index in [4.69, 9.17) is 22.4 Å². The first-order valence-corrected chi connectivity index (χ1v) is 5.89. The molecule has 0 heterocycles. The molecule has 2 nitrogen and oxygen atoms in total. The Balaban J connectivity index is 2.39. The van der Waals surface area contributed by atoms with Gasteiger partial charge in [-0.25, -0.2) is 0 Å². The summed E-state index contributed by atoms with van der Waals surface area (Å²) < 4.78 is 0. The molecule has 0 spiro atoms. The lowest BCUT2D eigenvalue weighted by atomic mass is 10.3. The zero-order valence-corrected chi connectivity index (χ0v) is 9.44. The fraction of sp³-hybridized carbons (Fsp3) is 0.400. The van der Waals surface area contributed by atoms with E-state index in [2.05, 4.69) is 0 Å². The number of unbranched alkanes of at least 4 members (excludes halogenated alkanes) is 1. The summed E-state index contributed by atoms with van der Waals surface area (Å²) in [5, 5.41) is 9.21. The Morgan fingerprint density at radius 2 is 2.14 bits per heavy atom. The molecule has 0 aromatic heterocycles. The molecule has 0 radical (unpaired) electrons. The van der Waals surface area contributed by atoms with Gasteiger partial charge in [-0.2, -0.15) is 0 Å². The van der Waals surface area contributed by atoms with E-state index in [9.17, 15) is 0 Å². The number of hydrogen-bond acceptors (Lipinski definition) is 3. The highest BCUT2D eigenvalue weighted by atomic mass is 35.5. The molecule has 0 unspecified atom stereocenters. The van der Waals surface area contributed by atoms with Crippen molar-refractivity contribution in [1.82, 2.24) is 0 Å². The Morgan fingerprint density at radius 1 is 1.36 bits per heavy atom. The SMILES string of the molecule is Nc1ccc(SCCCCO)cc1Cl. The minimum absolute atomic E-state index is 0.267. The van der Waals surface area contributed by atoms with Crippen LogP contribution < -0.4 is 5.73 Å². The molecule has 0 atom stereocenters. The van der Waals surface area contributed by atoms with Gasteiger partial charge in [0.1, 0.15) is 0 Å². The number of nitrogen functional groups attached to an aromatic ring is 1. The number of hydrogen-bond donors (Lipinski definition) is 2. The summed E-state index contributed by atoms with van der Waals surface area (Å²) in [6, 6.07) is 5.65. The zero-order valence-electron chi connectivity index (χ0n) is 7.87. The molecule has 3 N–H and O–H groups in total. The third-order valence-electron chi connectivity index (χ3n) is 1.79. The second kappa shape index (κ2) is 6.17. The maximum atomic E-state index is 8.60. The van der Waals surface area contributed by atoms with Crippen LogP contribution >= 0.6 is 23.4 Å². The Labute approximate surface area is 93.5 Å². The molecule has 78 valence electrons. The number of halogens is 1. The highest BCUT2D eigenvalue weighted by Crippen LogP contribution is 2.26. The van der Waals surface area contributed by atoms with Crippen LogP contribution in [0.15, 0.2) is 23.1 Å². The number of nitrogens with two attached hydrogens (primary N) is 1. The molecule has 4 heteroatoms. The summed E-state index contributed by atoms with van der Waals surface area (Å²) in [6.45, 7) is 0.267. The average molecular weight is 232 g/mol. The van der Waals surface area contributed by atoms with Gasteiger partial charge in [-0.3, -0.25) is 0 Å². The van der Waals surface area contributed by atoms with Gasteiger partial charge in [-0.05, 0) is 36.8 Å². The van der Waals surface area contributed by atoms with E-state index in [0.29, 0.717) is 10.7 Å². The van der Waals surface area contributed by atoms with Crippen molar-refractivity contribution < 1.29 is 5.11 Å². The fourth-order valence-electron chi connectivity index (χ4n) is 1.00. The van der Waals surface area contributed by atoms with Gasteiger partial charge in [0.2, 0.25) is 0 Å². The predicted octanol–water partition coefficient (Wildman–Crippen LogP) is 2.79. The lowest BCUT2D eigenvalue weighted by Gasteiger charge is -2.03. The number of aliphatic hydroxyl groups excluding tert-OH is 1. The van der Waals surface area contributed by atoms with Crippen molar-refractivity contribution in [3.05, 3.63) is 23.2 Å². The van der Waals surface area contributed by atoms with Crippen LogP contribution in [0.4, 0.5) is 5.69 Å². The van der Waals surface area contributed by atoms with Crippen molar-refractivity contribution in [2.75, 3.05) is 18.1 Å². The summed E-state index contributed by atoms with van der Waals surface area (Å²) in [5.41, 5.74) is 6.21. The molecule has 1 rings (SSSR count). The Hall–Kier alpha value is -0.380. The maximum Gasteiger partial charge on any atom is 0.0646 e. The molecule has 0 aliphatic rings. The quantitative estimate of drug-likeness (QED) is 0.465. The molecule has 1 aromatic carbocycles. The topological polar surface area (TPSA) is 46.2 Å². The molecule has 0 aliphatic carbocycles. The van der Waals surface area contributed by atoms with Crippen LogP contribution in [0.5, 0.6) is 0 Å². The monoisotopic (exact) mass is 231 g/mol. The molecule has 0 fully saturated rings. The van der Waals surface area contributed by atoms with E-state index >= 15 is 0 Å². The molecule has 0 aliphatic heterocycles. The van der Waals surface area contributed by atoms with Gasteiger partial charge in [0, 0.05) is 11.5 Å². The van der Waals surface area contributed by atoms with E-state index in [1.807, 2.05) is 18.2 Å². The fourth-order valence-corrected chi connectivity index (χ4v) is 2.20. The summed E-state index contributed by atoms with van der Waals surface area (Å²) in [5.74, 6) is 1.00. The third kappa shape index (κ3) is 3.78. The Bertz CT molecular complexity index is 293. The van der Waals surface area contributed by atoms with Gasteiger partial charge in [0.25, 0.3) is 0 Å². The summed E-state index contributed by atoms with van der Waals surface area (Å²) in [6.07, 6.45) is 1.87. The lowest BCUT2D eigenvalue weighted by Crippen LogP contribution is -1.87. The second-order valence-corrected chi connectivity index (χ2v) is 4.54. The lowest BCUT2D eigenvalue weighted by molar-refractivity contribution is 0.287. The van der Waals surface area contributed by atoms with Crippen LogP contribution in [-0.2, 0) is 0 Å². The van der Waals surface area contributed by atoms with Gasteiger partial charge in [-0.1, -0.05) is 11.6 Å². The van der Waals surface area contributed by atoms with Crippen LogP contribution in [0.3, 0.4) is 0 Å². The average Bonchev–Trinajstić information content (AvgIpc) is 2.18. The van der Waals surface area contributed by atoms with Crippen LogP contribution in [0, 0.1) is 0 Å². The van der Waals surface area contributed by atoms with Crippen molar-refractivity contribution in [3.8, 4) is 0 Å². The normalized spacial score (nSPS) is 10.4. The van der Waals surface area contributed by atoms with Crippen LogP contribution in [0.2, 0.25) is 5.02 Å². The standard InChI is InChI=1S/C10H14ClNOS/c11-9-7-8(3-4-10(9)12)14-6-2-1-5-13/h3-4,7,13H,1-2,5-6,12H2. The molecule has 0 bridgehead atoms. The van der Waals surface area contributed by atoms with Crippen molar-refractivity contribution >= 4 is 29.1 Å². The molecule has 0 saturated heterocycles. The number of anilines is 1. The second-order valence-electron chi connectivity index (χ2n) is 2.96. The highest BCUT2D eigenvalue weighted by Gasteiger charge is 1.98. The molecule has 0 saturated carbocycles. The maximum absolute atomic E-state index is 8.60. The molecule has 14 heavy (non-hydrogen) atoms. The van der Waals surface area contributed by atoms with Gasteiger partial charge in [-0.15, -0.1) is 11.8 Å².